The van der Waals surface area contributed by atoms with E-state index in [1.165, 1.54) is 19.2 Å². The van der Waals surface area contributed by atoms with Crippen molar-refractivity contribution in [1.82, 2.24) is 5.32 Å². The highest BCUT2D eigenvalue weighted by atomic mass is 32.2. The van der Waals surface area contributed by atoms with Crippen molar-refractivity contribution in [2.45, 2.75) is 11.3 Å². The van der Waals surface area contributed by atoms with Gasteiger partial charge in [0.2, 0.25) is 5.91 Å². The summed E-state index contributed by atoms with van der Waals surface area (Å²) < 4.78 is 24.7. The number of benzene rings is 1. The van der Waals surface area contributed by atoms with Crippen molar-refractivity contribution in [3.8, 4) is 0 Å². The van der Waals surface area contributed by atoms with Crippen LogP contribution in [-0.4, -0.2) is 22.9 Å². The Morgan fingerprint density at radius 3 is 2.81 bits per heavy atom. The van der Waals surface area contributed by atoms with Gasteiger partial charge >= 0.3 is 0 Å². The maximum absolute atomic E-state index is 13.1. The molecule has 0 heterocycles. The van der Waals surface area contributed by atoms with Crippen LogP contribution in [0, 0.1) is 5.82 Å². The number of carbonyl (C=O) groups is 1. The molecule has 4 nitrogen and oxygen atoms in total. The number of anilines is 1. The summed E-state index contributed by atoms with van der Waals surface area (Å²) in [4.78, 5) is 11.3. The lowest BCUT2D eigenvalue weighted by Crippen LogP contribution is -2.19. The third-order valence-corrected chi connectivity index (χ3v) is 3.38. The van der Waals surface area contributed by atoms with E-state index in [1.807, 2.05) is 0 Å². The number of halogens is 1. The summed E-state index contributed by atoms with van der Waals surface area (Å²) in [6.07, 6.45) is 0.148. The maximum Gasteiger partial charge on any atom is 0.220 e. The van der Waals surface area contributed by atoms with Crippen LogP contribution in [-0.2, 0) is 15.6 Å². The van der Waals surface area contributed by atoms with Gasteiger partial charge < -0.3 is 11.1 Å². The molecule has 1 amide bonds. The van der Waals surface area contributed by atoms with Crippen LogP contribution in [0.2, 0.25) is 0 Å². The van der Waals surface area contributed by atoms with Gasteiger partial charge in [0.1, 0.15) is 5.82 Å². The SMILES string of the molecule is CNC(=O)CCS(=O)c1ccc(N)c(F)c1. The van der Waals surface area contributed by atoms with E-state index < -0.39 is 16.6 Å². The molecule has 0 bridgehead atoms. The Morgan fingerprint density at radius 2 is 2.25 bits per heavy atom. The molecule has 1 rings (SSSR count). The number of nitrogen functional groups attached to an aromatic ring is 1. The predicted octanol–water partition coefficient (Wildman–Crippen LogP) is 0.652. The minimum absolute atomic E-state index is 0.0204. The van der Waals surface area contributed by atoms with E-state index in [1.54, 1.807) is 0 Å². The zero-order valence-electron chi connectivity index (χ0n) is 8.83. The first-order chi connectivity index (χ1) is 7.54. The van der Waals surface area contributed by atoms with Gasteiger partial charge in [-0.05, 0) is 18.2 Å². The van der Waals surface area contributed by atoms with Crippen molar-refractivity contribution in [3.63, 3.8) is 0 Å². The highest BCUT2D eigenvalue weighted by Gasteiger charge is 2.08. The largest absolute Gasteiger partial charge is 0.396 e. The minimum Gasteiger partial charge on any atom is -0.396 e. The Balaban J connectivity index is 2.66. The van der Waals surface area contributed by atoms with Gasteiger partial charge in [-0.25, -0.2) is 4.39 Å². The number of amides is 1. The zero-order chi connectivity index (χ0) is 12.1. The Kier molecular flexibility index (Phi) is 4.42. The van der Waals surface area contributed by atoms with Crippen molar-refractivity contribution in [1.29, 1.82) is 0 Å². The molecule has 0 aromatic heterocycles. The van der Waals surface area contributed by atoms with E-state index in [4.69, 9.17) is 5.73 Å². The number of nitrogens with one attached hydrogen (secondary N) is 1. The lowest BCUT2D eigenvalue weighted by molar-refractivity contribution is -0.120. The Morgan fingerprint density at radius 1 is 1.56 bits per heavy atom. The van der Waals surface area contributed by atoms with Crippen LogP contribution in [0.1, 0.15) is 6.42 Å². The molecular formula is C10H13FN2O2S. The molecule has 0 spiro atoms. The van der Waals surface area contributed by atoms with Crippen molar-refractivity contribution in [2.75, 3.05) is 18.5 Å². The van der Waals surface area contributed by atoms with E-state index >= 15 is 0 Å². The molecule has 0 aliphatic rings. The first-order valence-electron chi connectivity index (χ1n) is 4.68. The number of nitrogens with two attached hydrogens (primary N) is 1. The molecule has 16 heavy (non-hydrogen) atoms. The molecule has 1 aromatic carbocycles. The zero-order valence-corrected chi connectivity index (χ0v) is 9.64. The number of carbonyl (C=O) groups excluding carboxylic acids is 1. The first kappa shape index (κ1) is 12.6. The smallest absolute Gasteiger partial charge is 0.220 e. The van der Waals surface area contributed by atoms with Gasteiger partial charge in [-0.15, -0.1) is 0 Å². The van der Waals surface area contributed by atoms with E-state index in [9.17, 15) is 13.4 Å². The molecule has 0 aliphatic heterocycles. The summed E-state index contributed by atoms with van der Waals surface area (Å²) in [5.74, 6) is -0.613. The number of hydrogen-bond acceptors (Lipinski definition) is 3. The lowest BCUT2D eigenvalue weighted by Gasteiger charge is -2.03. The summed E-state index contributed by atoms with van der Waals surface area (Å²) in [6.45, 7) is 0. The number of hydrogen-bond donors (Lipinski definition) is 2. The summed E-state index contributed by atoms with van der Waals surface area (Å²) in [5, 5.41) is 2.42. The molecular weight excluding hydrogens is 231 g/mol. The third kappa shape index (κ3) is 3.30. The fourth-order valence-corrected chi connectivity index (χ4v) is 2.14. The standard InChI is InChI=1S/C10H13FN2O2S/c1-13-10(14)4-5-16(15)7-2-3-9(12)8(11)6-7/h2-3,6H,4-5,12H2,1H3,(H,13,14). The van der Waals surface area contributed by atoms with Gasteiger partial charge in [0.15, 0.2) is 0 Å². The van der Waals surface area contributed by atoms with Crippen LogP contribution in [0.4, 0.5) is 10.1 Å². The van der Waals surface area contributed by atoms with Crippen molar-refractivity contribution >= 4 is 22.4 Å². The summed E-state index contributed by atoms with van der Waals surface area (Å²) >= 11 is 0. The highest BCUT2D eigenvalue weighted by Crippen LogP contribution is 2.15. The van der Waals surface area contributed by atoms with Crippen LogP contribution in [0.5, 0.6) is 0 Å². The summed E-state index contributed by atoms with van der Waals surface area (Å²) in [6, 6.07) is 4.00. The minimum atomic E-state index is -1.38. The maximum atomic E-state index is 13.1. The van der Waals surface area contributed by atoms with Gasteiger partial charge in [0.25, 0.3) is 0 Å². The second-order valence-corrected chi connectivity index (χ2v) is 4.73. The summed E-state index contributed by atoms with van der Waals surface area (Å²) in [7, 11) is 0.128. The first-order valence-corrected chi connectivity index (χ1v) is 6.00. The molecule has 1 unspecified atom stereocenters. The molecule has 88 valence electrons. The van der Waals surface area contributed by atoms with Crippen molar-refractivity contribution in [2.24, 2.45) is 0 Å². The van der Waals surface area contributed by atoms with E-state index in [0.29, 0.717) is 4.90 Å². The van der Waals surface area contributed by atoms with Crippen LogP contribution >= 0.6 is 0 Å². The third-order valence-electron chi connectivity index (χ3n) is 2.03. The molecule has 3 N–H and O–H groups in total. The fourth-order valence-electron chi connectivity index (χ4n) is 1.08. The van der Waals surface area contributed by atoms with Crippen molar-refractivity contribution in [3.05, 3.63) is 24.0 Å². The average molecular weight is 244 g/mol. The average Bonchev–Trinajstić information content (AvgIpc) is 2.29. The molecule has 0 fully saturated rings. The predicted molar refractivity (Wildman–Crippen MR) is 60.8 cm³/mol. The van der Waals surface area contributed by atoms with Gasteiger partial charge in [-0.1, -0.05) is 0 Å². The van der Waals surface area contributed by atoms with Crippen LogP contribution in [0.15, 0.2) is 23.1 Å². The lowest BCUT2D eigenvalue weighted by atomic mass is 10.3. The van der Waals surface area contributed by atoms with E-state index in [2.05, 4.69) is 5.32 Å². The molecule has 0 saturated carbocycles. The second kappa shape index (κ2) is 5.60. The van der Waals surface area contributed by atoms with Gasteiger partial charge in [0.05, 0.1) is 16.5 Å². The van der Waals surface area contributed by atoms with Gasteiger partial charge in [-0.2, -0.15) is 0 Å². The van der Waals surface area contributed by atoms with Crippen molar-refractivity contribution < 1.29 is 13.4 Å². The molecule has 1 aromatic rings. The molecule has 1 atom stereocenters. The summed E-state index contributed by atoms with van der Waals surface area (Å²) in [5.41, 5.74) is 5.31. The van der Waals surface area contributed by atoms with Gasteiger partial charge in [0, 0.05) is 24.1 Å². The van der Waals surface area contributed by atoms with E-state index in [-0.39, 0.29) is 23.8 Å². The normalized spacial score (nSPS) is 12.1. The number of rotatable bonds is 4. The van der Waals surface area contributed by atoms with Crippen LogP contribution in [0.25, 0.3) is 0 Å². The molecule has 0 aliphatic carbocycles. The van der Waals surface area contributed by atoms with Gasteiger partial charge in [-0.3, -0.25) is 9.00 Å². The Labute approximate surface area is 95.5 Å². The van der Waals surface area contributed by atoms with E-state index in [0.717, 1.165) is 6.07 Å². The molecule has 0 radical (unpaired) electrons. The van der Waals surface area contributed by atoms with Crippen LogP contribution < -0.4 is 11.1 Å². The topological polar surface area (TPSA) is 72.2 Å². The molecule has 0 saturated heterocycles. The van der Waals surface area contributed by atoms with Crippen LogP contribution in [0.3, 0.4) is 0 Å². The molecule has 6 heteroatoms. The Bertz CT molecular complexity index is 423. The highest BCUT2D eigenvalue weighted by molar-refractivity contribution is 7.85. The monoisotopic (exact) mass is 244 g/mol. The Hall–Kier alpha value is -1.43. The quantitative estimate of drug-likeness (QED) is 0.764. The fraction of sp³-hybridized carbons (Fsp3) is 0.300. The second-order valence-electron chi connectivity index (χ2n) is 3.16.